The molecule has 0 aromatic rings. The van der Waals surface area contributed by atoms with Crippen LogP contribution in [0.1, 0.15) is 40.5 Å². The summed E-state index contributed by atoms with van der Waals surface area (Å²) in [4.78, 5) is 7.85. The highest BCUT2D eigenvalue weighted by Gasteiger charge is 2.35. The average Bonchev–Trinajstić information content (AvgIpc) is 2.33. The van der Waals surface area contributed by atoms with Gasteiger partial charge in [-0.25, -0.2) is 0 Å². The third-order valence-electron chi connectivity index (χ3n) is 5.15. The lowest BCUT2D eigenvalue weighted by Crippen LogP contribution is -2.61. The lowest BCUT2D eigenvalue weighted by Gasteiger charge is -2.50. The zero-order valence-corrected chi connectivity index (χ0v) is 13.7. The smallest absolute Gasteiger partial charge is 0.0280 e. The maximum absolute atomic E-state index is 2.75. The average molecular weight is 267 g/mol. The molecule has 2 rings (SSSR count). The first-order chi connectivity index (χ1) is 8.88. The normalized spacial score (nSPS) is 28.1. The Morgan fingerprint density at radius 2 is 1.68 bits per heavy atom. The summed E-state index contributed by atoms with van der Waals surface area (Å²) in [6.45, 7) is 17.1. The summed E-state index contributed by atoms with van der Waals surface area (Å²) < 4.78 is 0. The molecule has 0 spiro atoms. The molecule has 0 N–H and O–H groups in total. The van der Waals surface area contributed by atoms with Gasteiger partial charge in [0.25, 0.3) is 0 Å². The predicted octanol–water partition coefficient (Wildman–Crippen LogP) is 2.13. The fraction of sp³-hybridized carbons (Fsp3) is 1.00. The van der Waals surface area contributed by atoms with E-state index in [1.165, 1.54) is 52.1 Å². The third-order valence-corrected chi connectivity index (χ3v) is 5.15. The topological polar surface area (TPSA) is 9.72 Å². The summed E-state index contributed by atoms with van der Waals surface area (Å²) >= 11 is 0. The molecule has 19 heavy (non-hydrogen) atoms. The maximum Gasteiger partial charge on any atom is 0.0280 e. The van der Waals surface area contributed by atoms with Crippen LogP contribution in [0, 0.1) is 5.92 Å². The Hall–Kier alpha value is -0.120. The molecule has 0 unspecified atom stereocenters. The van der Waals surface area contributed by atoms with E-state index in [1.807, 2.05) is 0 Å². The van der Waals surface area contributed by atoms with Crippen molar-refractivity contribution >= 4 is 0 Å². The van der Waals surface area contributed by atoms with E-state index >= 15 is 0 Å². The Bertz CT molecular complexity index is 280. The molecule has 2 fully saturated rings. The molecule has 0 amide bonds. The molecule has 3 heteroatoms. The van der Waals surface area contributed by atoms with Crippen molar-refractivity contribution in [3.05, 3.63) is 0 Å². The Morgan fingerprint density at radius 1 is 1.05 bits per heavy atom. The predicted molar refractivity (Wildman–Crippen MR) is 82.6 cm³/mol. The highest BCUT2D eigenvalue weighted by atomic mass is 15.3. The molecule has 0 bridgehead atoms. The van der Waals surface area contributed by atoms with E-state index < -0.39 is 0 Å². The van der Waals surface area contributed by atoms with Crippen LogP contribution in [-0.2, 0) is 0 Å². The van der Waals surface area contributed by atoms with Gasteiger partial charge >= 0.3 is 0 Å². The van der Waals surface area contributed by atoms with E-state index in [2.05, 4.69) is 49.4 Å². The molecule has 0 saturated carbocycles. The van der Waals surface area contributed by atoms with Crippen molar-refractivity contribution in [2.75, 3.05) is 46.3 Å². The number of nitrogens with zero attached hydrogens (tertiary/aromatic N) is 3. The molecule has 0 aromatic heterocycles. The number of piperidine rings is 1. The molecule has 2 saturated heterocycles. The quantitative estimate of drug-likeness (QED) is 0.775. The second kappa shape index (κ2) is 6.11. The highest BCUT2D eigenvalue weighted by molar-refractivity contribution is 4.92. The zero-order valence-electron chi connectivity index (χ0n) is 13.7. The van der Waals surface area contributed by atoms with Crippen LogP contribution in [0.15, 0.2) is 0 Å². The van der Waals surface area contributed by atoms with Crippen LogP contribution in [-0.4, -0.2) is 72.6 Å². The monoisotopic (exact) mass is 267 g/mol. The Balaban J connectivity index is 1.87. The van der Waals surface area contributed by atoms with E-state index in [-0.39, 0.29) is 0 Å². The standard InChI is InChI=1S/C16H33N3/c1-14(2)18-10-11-19(16(3,4)13-18)12-15-6-8-17(5)9-7-15/h14-15H,6-13H2,1-5H3. The van der Waals surface area contributed by atoms with Crippen molar-refractivity contribution in [1.82, 2.24) is 14.7 Å². The van der Waals surface area contributed by atoms with E-state index in [0.29, 0.717) is 11.6 Å². The van der Waals surface area contributed by atoms with E-state index in [0.717, 1.165) is 5.92 Å². The largest absolute Gasteiger partial charge is 0.306 e. The van der Waals surface area contributed by atoms with Crippen LogP contribution in [0.2, 0.25) is 0 Å². The van der Waals surface area contributed by atoms with Gasteiger partial charge in [-0.1, -0.05) is 0 Å². The second-order valence-corrected chi connectivity index (χ2v) is 7.57. The zero-order chi connectivity index (χ0) is 14.0. The maximum atomic E-state index is 2.75. The number of hydrogen-bond acceptors (Lipinski definition) is 3. The minimum absolute atomic E-state index is 0.339. The van der Waals surface area contributed by atoms with Crippen LogP contribution < -0.4 is 0 Å². The molecule has 0 aliphatic carbocycles. The van der Waals surface area contributed by atoms with Gasteiger partial charge in [-0.2, -0.15) is 0 Å². The molecule has 112 valence electrons. The van der Waals surface area contributed by atoms with Crippen molar-refractivity contribution in [2.45, 2.75) is 52.1 Å². The molecular weight excluding hydrogens is 234 g/mol. The lowest BCUT2D eigenvalue weighted by atomic mass is 9.91. The minimum atomic E-state index is 0.339. The van der Waals surface area contributed by atoms with Crippen molar-refractivity contribution in [2.24, 2.45) is 5.92 Å². The summed E-state index contributed by atoms with van der Waals surface area (Å²) in [5, 5.41) is 0. The first kappa shape index (κ1) is 15.3. The number of hydrogen-bond donors (Lipinski definition) is 0. The lowest BCUT2D eigenvalue weighted by molar-refractivity contribution is -0.00842. The first-order valence-electron chi connectivity index (χ1n) is 8.06. The van der Waals surface area contributed by atoms with Crippen LogP contribution >= 0.6 is 0 Å². The summed E-state index contributed by atoms with van der Waals surface area (Å²) in [5.74, 6) is 0.918. The van der Waals surface area contributed by atoms with Gasteiger partial charge < -0.3 is 4.90 Å². The van der Waals surface area contributed by atoms with Crippen molar-refractivity contribution in [3.63, 3.8) is 0 Å². The number of rotatable bonds is 3. The molecule has 0 aromatic carbocycles. The molecule has 3 nitrogen and oxygen atoms in total. The van der Waals surface area contributed by atoms with Gasteiger partial charge in [0.1, 0.15) is 0 Å². The molecule has 2 aliphatic rings. The van der Waals surface area contributed by atoms with Crippen LogP contribution in [0.4, 0.5) is 0 Å². The van der Waals surface area contributed by atoms with E-state index in [4.69, 9.17) is 0 Å². The Kier molecular flexibility index (Phi) is 4.91. The minimum Gasteiger partial charge on any atom is -0.306 e. The van der Waals surface area contributed by atoms with E-state index in [9.17, 15) is 0 Å². The van der Waals surface area contributed by atoms with Gasteiger partial charge in [-0.3, -0.25) is 9.80 Å². The Labute approximate surface area is 119 Å². The van der Waals surface area contributed by atoms with Gasteiger partial charge in [-0.05, 0) is 66.6 Å². The molecule has 2 aliphatic heterocycles. The second-order valence-electron chi connectivity index (χ2n) is 7.57. The van der Waals surface area contributed by atoms with Gasteiger partial charge in [-0.15, -0.1) is 0 Å². The summed E-state index contributed by atoms with van der Waals surface area (Å²) in [6.07, 6.45) is 2.77. The fourth-order valence-electron chi connectivity index (χ4n) is 3.56. The van der Waals surface area contributed by atoms with E-state index in [1.54, 1.807) is 0 Å². The third kappa shape index (κ3) is 3.93. The molecule has 0 atom stereocenters. The number of piperazine rings is 1. The van der Waals surface area contributed by atoms with Crippen LogP contribution in [0.3, 0.4) is 0 Å². The molecule has 0 radical (unpaired) electrons. The summed E-state index contributed by atoms with van der Waals surface area (Å²) in [6, 6.07) is 0.685. The Morgan fingerprint density at radius 3 is 2.21 bits per heavy atom. The van der Waals surface area contributed by atoms with Crippen molar-refractivity contribution in [1.29, 1.82) is 0 Å². The van der Waals surface area contributed by atoms with Gasteiger partial charge in [0.05, 0.1) is 0 Å². The first-order valence-corrected chi connectivity index (χ1v) is 8.06. The van der Waals surface area contributed by atoms with Crippen LogP contribution in [0.5, 0.6) is 0 Å². The fourth-order valence-corrected chi connectivity index (χ4v) is 3.56. The SMILES string of the molecule is CC(C)N1CCN(CC2CCN(C)CC2)C(C)(C)C1. The van der Waals surface area contributed by atoms with Crippen LogP contribution in [0.25, 0.3) is 0 Å². The van der Waals surface area contributed by atoms with Gasteiger partial charge in [0.2, 0.25) is 0 Å². The van der Waals surface area contributed by atoms with Gasteiger partial charge in [0, 0.05) is 37.8 Å². The number of likely N-dealkylation sites (tertiary alicyclic amines) is 1. The van der Waals surface area contributed by atoms with Crippen molar-refractivity contribution < 1.29 is 0 Å². The van der Waals surface area contributed by atoms with Gasteiger partial charge in [0.15, 0.2) is 0 Å². The highest BCUT2D eigenvalue weighted by Crippen LogP contribution is 2.26. The summed E-state index contributed by atoms with van der Waals surface area (Å²) in [7, 11) is 2.25. The van der Waals surface area contributed by atoms with Crippen molar-refractivity contribution in [3.8, 4) is 0 Å². The molecular formula is C16H33N3. The summed E-state index contributed by atoms with van der Waals surface area (Å²) in [5.41, 5.74) is 0.339. The molecule has 2 heterocycles.